The number of ketones is 1. The Morgan fingerprint density at radius 2 is 1.44 bits per heavy atom. The number of allylic oxidation sites excluding steroid dienone is 2. The van der Waals surface area contributed by atoms with E-state index < -0.39 is 5.41 Å². The number of carbonyl (C=O) groups is 1. The average molecular weight is 368 g/mol. The molecule has 2 aromatic carbocycles. The standard InChI is InChI=1S/C22H24O5/c1-22(2)15(13-7-8-18(25-4)19(9-13)26-5)12-17(23)21-16(22)10-14(24-3)11-20(21)27-6/h7-12H,1-6H3. The van der Waals surface area contributed by atoms with Crippen LogP contribution in [-0.2, 0) is 5.41 Å². The van der Waals surface area contributed by atoms with E-state index >= 15 is 0 Å². The maximum absolute atomic E-state index is 13.0. The van der Waals surface area contributed by atoms with Crippen molar-refractivity contribution in [1.29, 1.82) is 0 Å². The molecule has 0 fully saturated rings. The molecule has 0 N–H and O–H groups in total. The molecular weight excluding hydrogens is 344 g/mol. The lowest BCUT2D eigenvalue weighted by Gasteiger charge is -2.35. The Morgan fingerprint density at radius 1 is 0.778 bits per heavy atom. The van der Waals surface area contributed by atoms with Gasteiger partial charge in [-0.2, -0.15) is 0 Å². The summed E-state index contributed by atoms with van der Waals surface area (Å²) in [5.74, 6) is 2.34. The van der Waals surface area contributed by atoms with Gasteiger partial charge in [0.1, 0.15) is 11.5 Å². The molecular formula is C22H24O5. The highest BCUT2D eigenvalue weighted by Gasteiger charge is 2.37. The third-order valence-corrected chi connectivity index (χ3v) is 5.09. The molecule has 0 saturated carbocycles. The SMILES string of the molecule is COc1cc(OC)c2c(c1)C(C)(C)C(c1ccc(OC)c(OC)c1)=CC2=O. The summed E-state index contributed by atoms with van der Waals surface area (Å²) < 4.78 is 21.6. The molecule has 5 nitrogen and oxygen atoms in total. The summed E-state index contributed by atoms with van der Waals surface area (Å²) in [6, 6.07) is 9.31. The number of methoxy groups -OCH3 is 4. The number of rotatable bonds is 5. The predicted molar refractivity (Wildman–Crippen MR) is 104 cm³/mol. The Labute approximate surface area is 159 Å². The van der Waals surface area contributed by atoms with Crippen molar-refractivity contribution in [3.8, 4) is 23.0 Å². The molecule has 0 atom stereocenters. The summed E-state index contributed by atoms with van der Waals surface area (Å²) >= 11 is 0. The van der Waals surface area contributed by atoms with Gasteiger partial charge in [-0.15, -0.1) is 0 Å². The number of fused-ring (bicyclic) bond motifs is 1. The van der Waals surface area contributed by atoms with Crippen molar-refractivity contribution < 1.29 is 23.7 Å². The largest absolute Gasteiger partial charge is 0.497 e. The molecule has 1 aliphatic rings. The van der Waals surface area contributed by atoms with Crippen LogP contribution in [0.1, 0.15) is 35.3 Å². The van der Waals surface area contributed by atoms with Gasteiger partial charge in [0.05, 0.1) is 34.0 Å². The minimum atomic E-state index is -0.440. The molecule has 0 bridgehead atoms. The molecule has 0 spiro atoms. The zero-order valence-electron chi connectivity index (χ0n) is 16.5. The number of hydrogen-bond donors (Lipinski definition) is 0. The van der Waals surface area contributed by atoms with Gasteiger partial charge in [0.2, 0.25) is 0 Å². The lowest BCUT2D eigenvalue weighted by molar-refractivity contribution is 0.103. The first-order valence-electron chi connectivity index (χ1n) is 8.62. The minimum Gasteiger partial charge on any atom is -0.497 e. The zero-order valence-corrected chi connectivity index (χ0v) is 16.5. The summed E-state index contributed by atoms with van der Waals surface area (Å²) in [4.78, 5) is 13.0. The molecule has 2 aromatic rings. The Bertz CT molecular complexity index is 925. The van der Waals surface area contributed by atoms with Gasteiger partial charge in [-0.05, 0) is 41.0 Å². The van der Waals surface area contributed by atoms with E-state index in [1.807, 2.05) is 24.3 Å². The topological polar surface area (TPSA) is 54.0 Å². The van der Waals surface area contributed by atoms with Crippen molar-refractivity contribution in [2.45, 2.75) is 19.3 Å². The van der Waals surface area contributed by atoms with Gasteiger partial charge in [0, 0.05) is 11.5 Å². The Balaban J connectivity index is 2.21. The third-order valence-electron chi connectivity index (χ3n) is 5.09. The molecule has 0 amide bonds. The number of hydrogen-bond acceptors (Lipinski definition) is 5. The second kappa shape index (κ2) is 6.99. The van der Waals surface area contributed by atoms with E-state index in [0.29, 0.717) is 28.6 Å². The van der Waals surface area contributed by atoms with E-state index in [-0.39, 0.29) is 5.78 Å². The van der Waals surface area contributed by atoms with E-state index in [0.717, 1.165) is 16.7 Å². The molecule has 142 valence electrons. The maximum atomic E-state index is 13.0. The fourth-order valence-corrected chi connectivity index (χ4v) is 3.59. The van der Waals surface area contributed by atoms with Crippen molar-refractivity contribution in [3.63, 3.8) is 0 Å². The van der Waals surface area contributed by atoms with Crippen LogP contribution in [0.5, 0.6) is 23.0 Å². The number of carbonyl (C=O) groups excluding carboxylic acids is 1. The maximum Gasteiger partial charge on any atom is 0.190 e. The van der Waals surface area contributed by atoms with Crippen molar-refractivity contribution >= 4 is 11.4 Å². The normalized spacial score (nSPS) is 14.9. The van der Waals surface area contributed by atoms with Crippen molar-refractivity contribution in [1.82, 2.24) is 0 Å². The Morgan fingerprint density at radius 3 is 2.04 bits per heavy atom. The van der Waals surface area contributed by atoms with Crippen LogP contribution in [0.4, 0.5) is 0 Å². The first-order valence-corrected chi connectivity index (χ1v) is 8.62. The molecule has 0 unspecified atom stereocenters. The molecule has 0 heterocycles. The fourth-order valence-electron chi connectivity index (χ4n) is 3.59. The number of benzene rings is 2. The quantitative estimate of drug-likeness (QED) is 0.788. The van der Waals surface area contributed by atoms with E-state index in [1.165, 1.54) is 0 Å². The smallest absolute Gasteiger partial charge is 0.190 e. The summed E-state index contributed by atoms with van der Waals surface area (Å²) in [6.45, 7) is 4.17. The molecule has 27 heavy (non-hydrogen) atoms. The fraction of sp³-hybridized carbons (Fsp3) is 0.318. The second-order valence-corrected chi connectivity index (χ2v) is 6.87. The van der Waals surface area contributed by atoms with E-state index in [1.54, 1.807) is 40.6 Å². The monoisotopic (exact) mass is 368 g/mol. The van der Waals surface area contributed by atoms with Crippen LogP contribution >= 0.6 is 0 Å². The highest BCUT2D eigenvalue weighted by molar-refractivity contribution is 6.15. The zero-order chi connectivity index (χ0) is 19.8. The van der Waals surface area contributed by atoms with Crippen molar-refractivity contribution in [2.24, 2.45) is 0 Å². The second-order valence-electron chi connectivity index (χ2n) is 6.87. The molecule has 0 radical (unpaired) electrons. The van der Waals surface area contributed by atoms with Gasteiger partial charge in [0.25, 0.3) is 0 Å². The predicted octanol–water partition coefficient (Wildman–Crippen LogP) is 4.28. The van der Waals surface area contributed by atoms with Crippen LogP contribution < -0.4 is 18.9 Å². The summed E-state index contributed by atoms with van der Waals surface area (Å²) in [7, 11) is 6.35. The van der Waals surface area contributed by atoms with E-state index in [2.05, 4.69) is 13.8 Å². The highest BCUT2D eigenvalue weighted by Crippen LogP contribution is 2.48. The van der Waals surface area contributed by atoms with E-state index in [9.17, 15) is 4.79 Å². The van der Waals surface area contributed by atoms with Gasteiger partial charge in [-0.3, -0.25) is 4.79 Å². The molecule has 0 aliphatic heterocycles. The van der Waals surface area contributed by atoms with E-state index in [4.69, 9.17) is 18.9 Å². The van der Waals surface area contributed by atoms with Crippen LogP contribution in [0, 0.1) is 0 Å². The Kier molecular flexibility index (Phi) is 4.87. The minimum absolute atomic E-state index is 0.0892. The van der Waals surface area contributed by atoms with Gasteiger partial charge in [0.15, 0.2) is 17.3 Å². The third kappa shape index (κ3) is 3.03. The Hall–Kier alpha value is -2.95. The van der Waals surface area contributed by atoms with Gasteiger partial charge in [-0.1, -0.05) is 19.9 Å². The van der Waals surface area contributed by atoms with Crippen LogP contribution in [0.3, 0.4) is 0 Å². The van der Waals surface area contributed by atoms with Crippen LogP contribution in [0.15, 0.2) is 36.4 Å². The van der Waals surface area contributed by atoms with Gasteiger partial charge >= 0.3 is 0 Å². The molecule has 1 aliphatic carbocycles. The van der Waals surface area contributed by atoms with Gasteiger partial charge in [-0.25, -0.2) is 0 Å². The first kappa shape index (κ1) is 18.8. The number of ether oxygens (including phenoxy) is 4. The highest BCUT2D eigenvalue weighted by atomic mass is 16.5. The van der Waals surface area contributed by atoms with Crippen LogP contribution in [0.2, 0.25) is 0 Å². The summed E-state index contributed by atoms with van der Waals surface area (Å²) in [5, 5.41) is 0. The molecule has 0 aromatic heterocycles. The molecule has 5 heteroatoms. The molecule has 0 saturated heterocycles. The van der Waals surface area contributed by atoms with Gasteiger partial charge < -0.3 is 18.9 Å². The lowest BCUT2D eigenvalue weighted by atomic mass is 9.68. The average Bonchev–Trinajstić information content (AvgIpc) is 2.69. The van der Waals surface area contributed by atoms with Crippen molar-refractivity contribution in [2.75, 3.05) is 28.4 Å². The van der Waals surface area contributed by atoms with Crippen LogP contribution in [0.25, 0.3) is 5.57 Å². The van der Waals surface area contributed by atoms with Crippen LogP contribution in [-0.4, -0.2) is 34.2 Å². The lowest BCUT2D eigenvalue weighted by Crippen LogP contribution is -2.28. The first-order chi connectivity index (χ1) is 12.9. The summed E-state index contributed by atoms with van der Waals surface area (Å²) in [6.07, 6.45) is 1.68. The summed E-state index contributed by atoms with van der Waals surface area (Å²) in [5.41, 5.74) is 2.81. The molecule has 3 rings (SSSR count). The van der Waals surface area contributed by atoms with Crippen molar-refractivity contribution in [3.05, 3.63) is 53.1 Å².